The summed E-state index contributed by atoms with van der Waals surface area (Å²) in [5.41, 5.74) is 5.06. The van der Waals surface area contributed by atoms with E-state index in [9.17, 15) is 0 Å². The topological polar surface area (TPSA) is 65.1 Å². The van der Waals surface area contributed by atoms with Crippen LogP contribution in [0.25, 0.3) is 0 Å². The van der Waals surface area contributed by atoms with Crippen LogP contribution in [0.15, 0.2) is 6.20 Å². The Labute approximate surface area is 96.9 Å². The van der Waals surface area contributed by atoms with Crippen molar-refractivity contribution in [1.82, 2.24) is 15.2 Å². The molecule has 0 amide bonds. The second kappa shape index (κ2) is 5.98. The Hall–Kier alpha value is -0.910. The van der Waals surface area contributed by atoms with E-state index in [4.69, 9.17) is 10.6 Å². The maximum Gasteiger partial charge on any atom is 0.0642 e. The van der Waals surface area contributed by atoms with Gasteiger partial charge in [-0.2, -0.15) is 5.10 Å². The molecule has 92 valence electrons. The smallest absolute Gasteiger partial charge is 0.0642 e. The molecule has 1 aromatic rings. The van der Waals surface area contributed by atoms with Gasteiger partial charge in [0.15, 0.2) is 0 Å². The van der Waals surface area contributed by atoms with Crippen molar-refractivity contribution in [3.05, 3.63) is 17.5 Å². The molecule has 1 heterocycles. The van der Waals surface area contributed by atoms with Gasteiger partial charge in [-0.3, -0.25) is 16.0 Å². The summed E-state index contributed by atoms with van der Waals surface area (Å²) in [5.74, 6) is 6.04. The van der Waals surface area contributed by atoms with E-state index in [0.29, 0.717) is 5.92 Å². The number of nitrogens with one attached hydrogen (secondary N) is 1. The molecule has 0 radical (unpaired) electrons. The quantitative estimate of drug-likeness (QED) is 0.559. The summed E-state index contributed by atoms with van der Waals surface area (Å²) in [6, 6.07) is 0.129. The summed E-state index contributed by atoms with van der Waals surface area (Å²) in [4.78, 5) is 0. The van der Waals surface area contributed by atoms with Crippen LogP contribution in [-0.2, 0) is 11.8 Å². The molecule has 0 aliphatic carbocycles. The molecular weight excluding hydrogens is 204 g/mol. The van der Waals surface area contributed by atoms with E-state index >= 15 is 0 Å². The zero-order chi connectivity index (χ0) is 12.1. The fourth-order valence-electron chi connectivity index (χ4n) is 1.95. The maximum atomic E-state index is 5.63. The number of hydrogen-bond acceptors (Lipinski definition) is 4. The van der Waals surface area contributed by atoms with Crippen molar-refractivity contribution in [2.75, 3.05) is 13.7 Å². The molecule has 1 aromatic heterocycles. The van der Waals surface area contributed by atoms with Gasteiger partial charge in [0.1, 0.15) is 0 Å². The van der Waals surface area contributed by atoms with Gasteiger partial charge in [0, 0.05) is 32.5 Å². The van der Waals surface area contributed by atoms with Gasteiger partial charge < -0.3 is 4.74 Å². The van der Waals surface area contributed by atoms with Crippen LogP contribution in [0.3, 0.4) is 0 Å². The summed E-state index contributed by atoms with van der Waals surface area (Å²) in [6.07, 6.45) is 2.99. The predicted molar refractivity (Wildman–Crippen MR) is 63.7 cm³/mol. The van der Waals surface area contributed by atoms with Gasteiger partial charge in [0.25, 0.3) is 0 Å². The normalized spacial score (nSPS) is 15.1. The van der Waals surface area contributed by atoms with Gasteiger partial charge >= 0.3 is 0 Å². The lowest BCUT2D eigenvalue weighted by Crippen LogP contribution is -2.33. The summed E-state index contributed by atoms with van der Waals surface area (Å²) < 4.78 is 6.91. The van der Waals surface area contributed by atoms with E-state index in [0.717, 1.165) is 24.3 Å². The lowest BCUT2D eigenvalue weighted by molar-refractivity contribution is 0.170. The van der Waals surface area contributed by atoms with Crippen LogP contribution in [-0.4, -0.2) is 23.5 Å². The summed E-state index contributed by atoms with van der Waals surface area (Å²) >= 11 is 0. The van der Waals surface area contributed by atoms with Gasteiger partial charge in [-0.25, -0.2) is 0 Å². The Balaban J connectivity index is 2.77. The molecule has 0 aromatic carbocycles. The molecule has 5 nitrogen and oxygen atoms in total. The van der Waals surface area contributed by atoms with Gasteiger partial charge in [0.05, 0.1) is 11.7 Å². The van der Waals surface area contributed by atoms with Gasteiger partial charge in [-0.15, -0.1) is 0 Å². The standard InChI is InChI=1S/C11H22N4O/c1-8(5-6-16-4)11(13-12)10-7-15(3)14-9(10)2/h7-8,11,13H,5-6,12H2,1-4H3. The molecule has 0 bridgehead atoms. The monoisotopic (exact) mass is 226 g/mol. The molecule has 5 heteroatoms. The highest BCUT2D eigenvalue weighted by atomic mass is 16.5. The molecular formula is C11H22N4O. The lowest BCUT2D eigenvalue weighted by atomic mass is 9.93. The van der Waals surface area contributed by atoms with E-state index in [1.807, 2.05) is 24.9 Å². The molecule has 2 atom stereocenters. The molecule has 0 aliphatic heterocycles. The first kappa shape index (κ1) is 13.2. The second-order valence-electron chi connectivity index (χ2n) is 4.25. The zero-order valence-corrected chi connectivity index (χ0v) is 10.5. The number of ether oxygens (including phenoxy) is 1. The van der Waals surface area contributed by atoms with Crippen molar-refractivity contribution in [2.24, 2.45) is 18.8 Å². The van der Waals surface area contributed by atoms with Crippen LogP contribution in [0.2, 0.25) is 0 Å². The average molecular weight is 226 g/mol. The molecule has 16 heavy (non-hydrogen) atoms. The Morgan fingerprint density at radius 1 is 1.62 bits per heavy atom. The number of aromatic nitrogens is 2. The van der Waals surface area contributed by atoms with E-state index < -0.39 is 0 Å². The number of nitrogens with two attached hydrogens (primary N) is 1. The largest absolute Gasteiger partial charge is 0.385 e. The van der Waals surface area contributed by atoms with Crippen molar-refractivity contribution in [2.45, 2.75) is 26.3 Å². The molecule has 2 unspecified atom stereocenters. The Bertz CT molecular complexity index is 324. The third-order valence-corrected chi connectivity index (χ3v) is 2.91. The van der Waals surface area contributed by atoms with Crippen LogP contribution in [0.1, 0.15) is 30.6 Å². The average Bonchev–Trinajstić information content (AvgIpc) is 2.56. The van der Waals surface area contributed by atoms with Crippen LogP contribution >= 0.6 is 0 Å². The Kier molecular flexibility index (Phi) is 4.92. The van der Waals surface area contributed by atoms with Crippen molar-refractivity contribution in [1.29, 1.82) is 0 Å². The van der Waals surface area contributed by atoms with E-state index in [2.05, 4.69) is 17.4 Å². The highest BCUT2D eigenvalue weighted by Gasteiger charge is 2.21. The molecule has 1 rings (SSSR count). The van der Waals surface area contributed by atoms with Crippen LogP contribution < -0.4 is 11.3 Å². The van der Waals surface area contributed by atoms with Gasteiger partial charge in [0.2, 0.25) is 0 Å². The summed E-state index contributed by atoms with van der Waals surface area (Å²) in [6.45, 7) is 4.91. The van der Waals surface area contributed by atoms with Gasteiger partial charge in [-0.05, 0) is 19.3 Å². The predicted octanol–water partition coefficient (Wildman–Crippen LogP) is 0.906. The molecule has 0 saturated carbocycles. The lowest BCUT2D eigenvalue weighted by Gasteiger charge is -2.22. The van der Waals surface area contributed by atoms with E-state index in [1.165, 1.54) is 0 Å². The zero-order valence-electron chi connectivity index (χ0n) is 10.5. The number of rotatable bonds is 6. The van der Waals surface area contributed by atoms with Crippen LogP contribution in [0, 0.1) is 12.8 Å². The minimum absolute atomic E-state index is 0.129. The molecule has 0 spiro atoms. The highest BCUT2D eigenvalue weighted by Crippen LogP contribution is 2.25. The minimum Gasteiger partial charge on any atom is -0.385 e. The second-order valence-corrected chi connectivity index (χ2v) is 4.25. The third kappa shape index (κ3) is 3.04. The van der Waals surface area contributed by atoms with Crippen molar-refractivity contribution in [3.63, 3.8) is 0 Å². The minimum atomic E-state index is 0.129. The highest BCUT2D eigenvalue weighted by molar-refractivity contribution is 5.20. The number of methoxy groups -OCH3 is 1. The fraction of sp³-hybridized carbons (Fsp3) is 0.727. The van der Waals surface area contributed by atoms with Gasteiger partial charge in [-0.1, -0.05) is 6.92 Å². The fourth-order valence-corrected chi connectivity index (χ4v) is 1.95. The van der Waals surface area contributed by atoms with E-state index in [1.54, 1.807) is 7.11 Å². The van der Waals surface area contributed by atoms with Crippen molar-refractivity contribution >= 4 is 0 Å². The van der Waals surface area contributed by atoms with E-state index in [-0.39, 0.29) is 6.04 Å². The molecule has 0 fully saturated rings. The summed E-state index contributed by atoms with van der Waals surface area (Å²) in [5, 5.41) is 4.33. The number of hydrazine groups is 1. The SMILES string of the molecule is COCCC(C)C(NN)c1cn(C)nc1C. The van der Waals surface area contributed by atoms with Crippen molar-refractivity contribution < 1.29 is 4.74 Å². The molecule has 0 saturated heterocycles. The maximum absolute atomic E-state index is 5.63. The summed E-state index contributed by atoms with van der Waals surface area (Å²) in [7, 11) is 3.64. The number of aryl methyl sites for hydroxylation is 2. The number of nitrogens with zero attached hydrogens (tertiary/aromatic N) is 2. The first-order chi connectivity index (χ1) is 7.60. The van der Waals surface area contributed by atoms with Crippen LogP contribution in [0.5, 0.6) is 0 Å². The first-order valence-corrected chi connectivity index (χ1v) is 5.55. The Morgan fingerprint density at radius 3 is 2.75 bits per heavy atom. The third-order valence-electron chi connectivity index (χ3n) is 2.91. The van der Waals surface area contributed by atoms with Crippen LogP contribution in [0.4, 0.5) is 0 Å². The Morgan fingerprint density at radius 2 is 2.31 bits per heavy atom. The first-order valence-electron chi connectivity index (χ1n) is 5.55. The van der Waals surface area contributed by atoms with Crippen molar-refractivity contribution in [3.8, 4) is 0 Å². The number of hydrogen-bond donors (Lipinski definition) is 2. The molecule has 0 aliphatic rings. The molecule has 3 N–H and O–H groups in total.